The molecule has 3 unspecified atom stereocenters. The van der Waals surface area contributed by atoms with Crippen LogP contribution in [0, 0.1) is 11.8 Å². The van der Waals surface area contributed by atoms with Crippen LogP contribution in [0.4, 0.5) is 0 Å². The van der Waals surface area contributed by atoms with Gasteiger partial charge in [-0.05, 0) is 55.2 Å². The van der Waals surface area contributed by atoms with Crippen molar-refractivity contribution >= 4 is 23.8 Å². The number of nitrogens with zero attached hydrogens (tertiary/aromatic N) is 1. The van der Waals surface area contributed by atoms with Crippen LogP contribution in [0.2, 0.25) is 0 Å². The van der Waals surface area contributed by atoms with E-state index in [4.69, 9.17) is 0 Å². The number of rotatable bonds is 2. The Labute approximate surface area is 116 Å². The molecule has 0 aromatic heterocycles. The SMILES string of the molecule is O=C1c2ccccc2C(=O)N1SC1CC2CCC1C2. The fraction of sp³-hybridized carbons (Fsp3) is 0.467. The smallest absolute Gasteiger partial charge is 0.268 e. The number of hydrogen-bond donors (Lipinski definition) is 0. The molecule has 2 fully saturated rings. The first kappa shape index (κ1) is 11.5. The van der Waals surface area contributed by atoms with Crippen molar-refractivity contribution in [1.82, 2.24) is 4.31 Å². The number of fused-ring (bicyclic) bond motifs is 3. The number of hydrogen-bond acceptors (Lipinski definition) is 3. The van der Waals surface area contributed by atoms with E-state index in [2.05, 4.69) is 0 Å². The van der Waals surface area contributed by atoms with Crippen molar-refractivity contribution in [3.63, 3.8) is 0 Å². The third-order valence-corrected chi connectivity index (χ3v) is 6.06. The Kier molecular flexibility index (Phi) is 2.49. The molecule has 3 nitrogen and oxygen atoms in total. The highest BCUT2D eigenvalue weighted by molar-refractivity contribution is 7.98. The molecule has 0 radical (unpaired) electrons. The Morgan fingerprint density at radius 1 is 1.00 bits per heavy atom. The van der Waals surface area contributed by atoms with Gasteiger partial charge in [-0.25, -0.2) is 4.31 Å². The zero-order valence-corrected chi connectivity index (χ0v) is 11.4. The van der Waals surface area contributed by atoms with E-state index < -0.39 is 0 Å². The van der Waals surface area contributed by atoms with Gasteiger partial charge in [-0.15, -0.1) is 0 Å². The Morgan fingerprint density at radius 3 is 2.21 bits per heavy atom. The maximum atomic E-state index is 12.3. The zero-order chi connectivity index (χ0) is 13.0. The minimum Gasteiger partial charge on any atom is -0.268 e. The van der Waals surface area contributed by atoms with E-state index >= 15 is 0 Å². The van der Waals surface area contributed by atoms with Crippen molar-refractivity contribution < 1.29 is 9.59 Å². The summed E-state index contributed by atoms with van der Waals surface area (Å²) in [6, 6.07) is 7.12. The molecule has 2 bridgehead atoms. The third-order valence-electron chi connectivity index (χ3n) is 4.67. The summed E-state index contributed by atoms with van der Waals surface area (Å²) in [6.45, 7) is 0. The second kappa shape index (κ2) is 4.10. The second-order valence-corrected chi connectivity index (χ2v) is 6.95. The van der Waals surface area contributed by atoms with E-state index in [9.17, 15) is 9.59 Å². The largest absolute Gasteiger partial charge is 0.271 e. The molecule has 2 aliphatic carbocycles. The van der Waals surface area contributed by atoms with Crippen LogP contribution in [0.25, 0.3) is 0 Å². The Morgan fingerprint density at radius 2 is 1.68 bits per heavy atom. The normalized spacial score (nSPS) is 32.2. The van der Waals surface area contributed by atoms with Crippen molar-refractivity contribution in [2.24, 2.45) is 11.8 Å². The monoisotopic (exact) mass is 273 g/mol. The van der Waals surface area contributed by atoms with Crippen molar-refractivity contribution in [1.29, 1.82) is 0 Å². The van der Waals surface area contributed by atoms with E-state index in [1.165, 1.54) is 41.9 Å². The van der Waals surface area contributed by atoms with Gasteiger partial charge in [-0.3, -0.25) is 9.59 Å². The highest BCUT2D eigenvalue weighted by Crippen LogP contribution is 2.50. The predicted molar refractivity (Wildman–Crippen MR) is 73.8 cm³/mol. The van der Waals surface area contributed by atoms with Gasteiger partial charge in [0.2, 0.25) is 0 Å². The van der Waals surface area contributed by atoms with Crippen LogP contribution in [-0.4, -0.2) is 21.4 Å². The van der Waals surface area contributed by atoms with E-state index in [0.29, 0.717) is 22.3 Å². The van der Waals surface area contributed by atoms with Crippen LogP contribution < -0.4 is 0 Å². The van der Waals surface area contributed by atoms with Crippen LogP contribution in [-0.2, 0) is 0 Å². The summed E-state index contributed by atoms with van der Waals surface area (Å²) in [6.07, 6.45) is 5.07. The number of carbonyl (C=O) groups is 2. The van der Waals surface area contributed by atoms with Gasteiger partial charge >= 0.3 is 0 Å². The quantitative estimate of drug-likeness (QED) is 0.613. The molecule has 1 heterocycles. The summed E-state index contributed by atoms with van der Waals surface area (Å²) in [4.78, 5) is 24.6. The van der Waals surface area contributed by atoms with Gasteiger partial charge in [0.1, 0.15) is 0 Å². The molecule has 2 saturated carbocycles. The lowest BCUT2D eigenvalue weighted by Gasteiger charge is -2.24. The molecule has 1 aromatic rings. The molecule has 1 aliphatic heterocycles. The molecule has 4 heteroatoms. The summed E-state index contributed by atoms with van der Waals surface area (Å²) >= 11 is 1.48. The summed E-state index contributed by atoms with van der Waals surface area (Å²) in [7, 11) is 0. The van der Waals surface area contributed by atoms with Gasteiger partial charge in [0.05, 0.1) is 11.1 Å². The van der Waals surface area contributed by atoms with Gasteiger partial charge in [-0.2, -0.15) is 0 Å². The maximum absolute atomic E-state index is 12.3. The molecule has 3 aliphatic rings. The number of benzene rings is 1. The van der Waals surface area contributed by atoms with Gasteiger partial charge < -0.3 is 0 Å². The van der Waals surface area contributed by atoms with E-state index in [1.807, 2.05) is 12.1 Å². The molecule has 0 saturated heterocycles. The van der Waals surface area contributed by atoms with E-state index in [-0.39, 0.29) is 11.8 Å². The van der Waals surface area contributed by atoms with Crippen LogP contribution in [0.15, 0.2) is 24.3 Å². The molecule has 3 atom stereocenters. The molecule has 2 amide bonds. The fourth-order valence-corrected chi connectivity index (χ4v) is 5.15. The first-order chi connectivity index (χ1) is 9.24. The molecule has 0 N–H and O–H groups in total. The van der Waals surface area contributed by atoms with E-state index in [0.717, 1.165) is 5.92 Å². The van der Waals surface area contributed by atoms with Gasteiger partial charge in [0.25, 0.3) is 11.8 Å². The van der Waals surface area contributed by atoms with Crippen molar-refractivity contribution in [2.45, 2.75) is 30.9 Å². The Hall–Kier alpha value is -1.29. The first-order valence-electron chi connectivity index (χ1n) is 6.88. The highest BCUT2D eigenvalue weighted by atomic mass is 32.2. The Bertz CT molecular complexity index is 536. The van der Waals surface area contributed by atoms with Crippen LogP contribution in [0.1, 0.15) is 46.4 Å². The second-order valence-electron chi connectivity index (χ2n) is 5.77. The number of amides is 2. The molecule has 98 valence electrons. The van der Waals surface area contributed by atoms with Crippen molar-refractivity contribution in [3.8, 4) is 0 Å². The van der Waals surface area contributed by atoms with Gasteiger partial charge in [-0.1, -0.05) is 18.6 Å². The number of carbonyl (C=O) groups excluding carboxylic acids is 2. The lowest BCUT2D eigenvalue weighted by atomic mass is 10.0. The lowest BCUT2D eigenvalue weighted by Crippen LogP contribution is -2.27. The number of imide groups is 1. The average Bonchev–Trinajstić information content (AvgIpc) is 3.10. The minimum absolute atomic E-state index is 0.131. The Balaban J connectivity index is 1.57. The maximum Gasteiger partial charge on any atom is 0.271 e. The van der Waals surface area contributed by atoms with Gasteiger partial charge in [0, 0.05) is 5.25 Å². The summed E-state index contributed by atoms with van der Waals surface area (Å²) < 4.78 is 1.40. The average molecular weight is 273 g/mol. The van der Waals surface area contributed by atoms with Crippen LogP contribution >= 0.6 is 11.9 Å². The molecular formula is C15H15NO2S. The molecular weight excluding hydrogens is 258 g/mol. The molecule has 1 aromatic carbocycles. The summed E-state index contributed by atoms with van der Waals surface area (Å²) in [5.74, 6) is 1.28. The van der Waals surface area contributed by atoms with Crippen molar-refractivity contribution in [3.05, 3.63) is 35.4 Å². The van der Waals surface area contributed by atoms with Crippen LogP contribution in [0.3, 0.4) is 0 Å². The molecule has 19 heavy (non-hydrogen) atoms. The van der Waals surface area contributed by atoms with E-state index in [1.54, 1.807) is 12.1 Å². The summed E-state index contributed by atoms with van der Waals surface area (Å²) in [5.41, 5.74) is 1.12. The fourth-order valence-electron chi connectivity index (χ4n) is 3.71. The highest BCUT2D eigenvalue weighted by Gasteiger charge is 2.44. The lowest BCUT2D eigenvalue weighted by molar-refractivity contribution is 0.0775. The predicted octanol–water partition coefficient (Wildman–Crippen LogP) is 3.12. The standard InChI is InChI=1S/C15H15NO2S/c17-14-11-3-1-2-4-12(11)15(18)16(14)19-13-8-9-5-6-10(13)7-9/h1-4,9-10,13H,5-8H2. The summed E-state index contributed by atoms with van der Waals surface area (Å²) in [5, 5.41) is 0.459. The molecule has 0 spiro atoms. The first-order valence-corrected chi connectivity index (χ1v) is 7.72. The van der Waals surface area contributed by atoms with Crippen molar-refractivity contribution in [2.75, 3.05) is 0 Å². The third kappa shape index (κ3) is 1.66. The van der Waals surface area contributed by atoms with Crippen LogP contribution in [0.5, 0.6) is 0 Å². The van der Waals surface area contributed by atoms with Gasteiger partial charge in [0.15, 0.2) is 0 Å². The minimum atomic E-state index is -0.131. The zero-order valence-electron chi connectivity index (χ0n) is 10.5. The topological polar surface area (TPSA) is 37.4 Å². The molecule has 4 rings (SSSR count).